The number of benzene rings is 1. The molecule has 1 heterocycles. The predicted octanol–water partition coefficient (Wildman–Crippen LogP) is 3.41. The van der Waals surface area contributed by atoms with Crippen LogP contribution in [0.25, 0.3) is 0 Å². The van der Waals surface area contributed by atoms with Gasteiger partial charge in [0.2, 0.25) is 5.91 Å². The Hall–Kier alpha value is -2.21. The highest BCUT2D eigenvalue weighted by Crippen LogP contribution is 2.16. The van der Waals surface area contributed by atoms with Gasteiger partial charge in [-0.25, -0.2) is 0 Å². The Kier molecular flexibility index (Phi) is 6.70. The Morgan fingerprint density at radius 1 is 1.20 bits per heavy atom. The summed E-state index contributed by atoms with van der Waals surface area (Å²) in [5, 5.41) is 2.78. The number of hydrogen-bond donors (Lipinski definition) is 1. The first-order chi connectivity index (χ1) is 11.9. The fraction of sp³-hybridized carbons (Fsp3) is 0.368. The number of likely N-dealkylation sites (N-methyl/N-ethyl adjacent to an activating group) is 1. The molecule has 6 heteroatoms. The van der Waals surface area contributed by atoms with Crippen molar-refractivity contribution in [1.29, 1.82) is 0 Å². The molecule has 0 saturated carbocycles. The molecule has 2 amide bonds. The lowest BCUT2D eigenvalue weighted by Crippen LogP contribution is -2.49. The molecule has 2 aromatic rings. The summed E-state index contributed by atoms with van der Waals surface area (Å²) in [6.45, 7) is 4.31. The molecule has 0 bridgehead atoms. The minimum Gasteiger partial charge on any atom is -0.459 e. The number of nitrogens with one attached hydrogen (secondary N) is 1. The number of carbonyl (C=O) groups is 2. The number of hydrogen-bond acceptors (Lipinski definition) is 4. The summed E-state index contributed by atoms with van der Waals surface area (Å²) in [7, 11) is 1.75. The molecule has 2 rings (SSSR count). The Morgan fingerprint density at radius 2 is 1.88 bits per heavy atom. The molecule has 0 spiro atoms. The summed E-state index contributed by atoms with van der Waals surface area (Å²) in [5.41, 5.74) is 1.05. The average molecular weight is 360 g/mol. The van der Waals surface area contributed by atoms with Crippen LogP contribution >= 0.6 is 11.8 Å². The summed E-state index contributed by atoms with van der Waals surface area (Å²) in [4.78, 5) is 27.8. The van der Waals surface area contributed by atoms with Crippen molar-refractivity contribution in [2.45, 2.75) is 31.3 Å². The number of furan rings is 1. The predicted molar refractivity (Wildman–Crippen MR) is 99.5 cm³/mol. The molecule has 0 fully saturated rings. The Bertz CT molecular complexity index is 696. The van der Waals surface area contributed by atoms with Crippen LogP contribution in [-0.4, -0.2) is 36.1 Å². The molecule has 25 heavy (non-hydrogen) atoms. The number of carbonyl (C=O) groups excluding carboxylic acids is 2. The van der Waals surface area contributed by atoms with E-state index in [0.29, 0.717) is 6.54 Å². The third kappa shape index (κ3) is 5.13. The maximum atomic E-state index is 12.8. The monoisotopic (exact) mass is 360 g/mol. The van der Waals surface area contributed by atoms with Gasteiger partial charge in [0.15, 0.2) is 5.76 Å². The van der Waals surface area contributed by atoms with Crippen LogP contribution in [0.5, 0.6) is 0 Å². The molecule has 1 aromatic heterocycles. The topological polar surface area (TPSA) is 62.6 Å². The Labute approximate surface area is 152 Å². The zero-order valence-corrected chi connectivity index (χ0v) is 15.8. The second-order valence-electron chi connectivity index (χ2n) is 6.21. The van der Waals surface area contributed by atoms with Gasteiger partial charge in [-0.2, -0.15) is 0 Å². The van der Waals surface area contributed by atoms with Crippen LogP contribution in [0.15, 0.2) is 52.0 Å². The third-order valence-corrected chi connectivity index (χ3v) is 4.66. The van der Waals surface area contributed by atoms with Gasteiger partial charge in [-0.05, 0) is 42.0 Å². The van der Waals surface area contributed by atoms with Gasteiger partial charge in [-0.3, -0.25) is 9.59 Å². The fourth-order valence-electron chi connectivity index (χ4n) is 2.45. The molecule has 5 nitrogen and oxygen atoms in total. The maximum absolute atomic E-state index is 12.8. The van der Waals surface area contributed by atoms with Crippen molar-refractivity contribution in [2.75, 3.05) is 13.3 Å². The van der Waals surface area contributed by atoms with Gasteiger partial charge in [-0.15, -0.1) is 11.8 Å². The lowest BCUT2D eigenvalue weighted by atomic mass is 10.0. The van der Waals surface area contributed by atoms with Gasteiger partial charge >= 0.3 is 0 Å². The van der Waals surface area contributed by atoms with Crippen molar-refractivity contribution in [1.82, 2.24) is 10.2 Å². The van der Waals surface area contributed by atoms with Gasteiger partial charge < -0.3 is 14.6 Å². The standard InChI is InChI=1S/C19H24N2O3S/c1-13(2)17(20-18(22)16-6-5-11-24-16)19(23)21(3)12-14-7-9-15(25-4)10-8-14/h5-11,13,17H,12H2,1-4H3,(H,20,22)/t17-/m1/s1. The molecule has 1 N–H and O–H groups in total. The van der Waals surface area contributed by atoms with Gasteiger partial charge in [0, 0.05) is 18.5 Å². The molecule has 134 valence electrons. The van der Waals surface area contributed by atoms with E-state index in [9.17, 15) is 9.59 Å². The SMILES string of the molecule is CSc1ccc(CN(C)C(=O)[C@H](NC(=O)c2ccco2)C(C)C)cc1. The van der Waals surface area contributed by atoms with Crippen molar-refractivity contribution >= 4 is 23.6 Å². The minimum absolute atomic E-state index is 0.0345. The van der Waals surface area contributed by atoms with Crippen molar-refractivity contribution in [3.05, 3.63) is 54.0 Å². The van der Waals surface area contributed by atoms with Gasteiger partial charge in [-0.1, -0.05) is 26.0 Å². The van der Waals surface area contributed by atoms with Crippen molar-refractivity contribution in [3.8, 4) is 0 Å². The summed E-state index contributed by atoms with van der Waals surface area (Å²) in [6.07, 6.45) is 3.46. The summed E-state index contributed by atoms with van der Waals surface area (Å²) in [5.74, 6) is -0.333. The quantitative estimate of drug-likeness (QED) is 0.769. The summed E-state index contributed by atoms with van der Waals surface area (Å²) in [6, 6.07) is 10.7. The van der Waals surface area contributed by atoms with E-state index in [0.717, 1.165) is 5.56 Å². The smallest absolute Gasteiger partial charge is 0.287 e. The molecular weight excluding hydrogens is 336 g/mol. The van der Waals surface area contributed by atoms with Crippen LogP contribution in [0.2, 0.25) is 0 Å². The van der Waals surface area contributed by atoms with Crippen molar-refractivity contribution in [3.63, 3.8) is 0 Å². The molecule has 0 aliphatic heterocycles. The highest BCUT2D eigenvalue weighted by Gasteiger charge is 2.28. The number of amides is 2. The summed E-state index contributed by atoms with van der Waals surface area (Å²) >= 11 is 1.68. The first-order valence-corrected chi connectivity index (χ1v) is 9.37. The molecule has 0 aliphatic rings. The van der Waals surface area contributed by atoms with Gasteiger partial charge in [0.25, 0.3) is 5.91 Å². The van der Waals surface area contributed by atoms with Crippen molar-refractivity contribution in [2.24, 2.45) is 5.92 Å². The van der Waals surface area contributed by atoms with Crippen LogP contribution < -0.4 is 5.32 Å². The second kappa shape index (κ2) is 8.76. The summed E-state index contributed by atoms with van der Waals surface area (Å²) < 4.78 is 5.09. The maximum Gasteiger partial charge on any atom is 0.287 e. The normalized spacial score (nSPS) is 12.0. The zero-order valence-electron chi connectivity index (χ0n) is 15.0. The molecule has 0 unspecified atom stereocenters. The Balaban J connectivity index is 2.03. The largest absolute Gasteiger partial charge is 0.459 e. The average Bonchev–Trinajstić information content (AvgIpc) is 3.14. The van der Waals surface area contributed by atoms with E-state index in [2.05, 4.69) is 5.32 Å². The van der Waals surface area contributed by atoms with Gasteiger partial charge in [0.1, 0.15) is 6.04 Å². The van der Waals surface area contributed by atoms with E-state index in [4.69, 9.17) is 4.42 Å². The molecule has 1 aromatic carbocycles. The van der Waals surface area contributed by atoms with E-state index in [1.54, 1.807) is 35.8 Å². The fourth-order valence-corrected chi connectivity index (χ4v) is 2.86. The highest BCUT2D eigenvalue weighted by atomic mass is 32.2. The first kappa shape index (κ1) is 19.1. The van der Waals surface area contributed by atoms with E-state index in [-0.39, 0.29) is 23.5 Å². The molecule has 0 radical (unpaired) electrons. The van der Waals surface area contributed by atoms with Crippen LogP contribution in [0, 0.1) is 5.92 Å². The molecule has 0 aliphatic carbocycles. The van der Waals surface area contributed by atoms with E-state index in [1.165, 1.54) is 11.2 Å². The molecule has 1 atom stereocenters. The number of nitrogens with zero attached hydrogens (tertiary/aromatic N) is 1. The first-order valence-electron chi connectivity index (χ1n) is 8.14. The van der Waals surface area contributed by atoms with Crippen LogP contribution in [0.4, 0.5) is 0 Å². The van der Waals surface area contributed by atoms with Gasteiger partial charge in [0.05, 0.1) is 6.26 Å². The lowest BCUT2D eigenvalue weighted by molar-refractivity contribution is -0.133. The van der Waals surface area contributed by atoms with E-state index >= 15 is 0 Å². The Morgan fingerprint density at radius 3 is 2.40 bits per heavy atom. The van der Waals surface area contributed by atoms with Crippen molar-refractivity contribution < 1.29 is 14.0 Å². The van der Waals surface area contributed by atoms with Crippen LogP contribution in [0.1, 0.15) is 30.0 Å². The van der Waals surface area contributed by atoms with Crippen LogP contribution in [-0.2, 0) is 11.3 Å². The highest BCUT2D eigenvalue weighted by molar-refractivity contribution is 7.98. The van der Waals surface area contributed by atoms with E-state index in [1.807, 2.05) is 44.4 Å². The third-order valence-electron chi connectivity index (χ3n) is 3.92. The second-order valence-corrected chi connectivity index (χ2v) is 7.09. The lowest BCUT2D eigenvalue weighted by Gasteiger charge is -2.27. The molecular formula is C19H24N2O3S. The number of thioether (sulfide) groups is 1. The van der Waals surface area contributed by atoms with E-state index < -0.39 is 6.04 Å². The minimum atomic E-state index is -0.604. The van der Waals surface area contributed by atoms with Crippen LogP contribution in [0.3, 0.4) is 0 Å². The zero-order chi connectivity index (χ0) is 18.4. The number of rotatable bonds is 7. The molecule has 0 saturated heterocycles.